The van der Waals surface area contributed by atoms with E-state index in [1.807, 2.05) is 22.6 Å². The zero-order chi connectivity index (χ0) is 11.7. The van der Waals surface area contributed by atoms with Crippen molar-refractivity contribution in [3.8, 4) is 0 Å². The van der Waals surface area contributed by atoms with Crippen molar-refractivity contribution in [2.45, 2.75) is 13.5 Å². The average Bonchev–Trinajstić information content (AvgIpc) is 2.65. The summed E-state index contributed by atoms with van der Waals surface area (Å²) in [7, 11) is 0. The molecule has 0 spiro atoms. The van der Waals surface area contributed by atoms with E-state index in [0.29, 0.717) is 26.0 Å². The highest BCUT2D eigenvalue weighted by molar-refractivity contribution is 14.1. The van der Waals surface area contributed by atoms with Crippen molar-refractivity contribution in [2.75, 3.05) is 0 Å². The summed E-state index contributed by atoms with van der Waals surface area (Å²) in [4.78, 5) is 16.0. The van der Waals surface area contributed by atoms with Gasteiger partial charge in [0, 0.05) is 17.7 Å². The van der Waals surface area contributed by atoms with Gasteiger partial charge in [0.25, 0.3) is 5.56 Å². The minimum absolute atomic E-state index is 0.0860. The first-order valence-corrected chi connectivity index (χ1v) is 6.51. The van der Waals surface area contributed by atoms with Crippen LogP contribution in [-0.4, -0.2) is 19.1 Å². The maximum atomic E-state index is 11.9. The van der Waals surface area contributed by atoms with E-state index in [0.717, 1.165) is 11.5 Å². The summed E-state index contributed by atoms with van der Waals surface area (Å²) >= 11 is 8.95. The second-order valence-electron chi connectivity index (χ2n) is 3.04. The minimum atomic E-state index is -0.0860. The highest BCUT2D eigenvalue weighted by atomic mass is 127. The molecule has 2 aromatic heterocycles. The van der Waals surface area contributed by atoms with Crippen molar-refractivity contribution in [3.05, 3.63) is 36.0 Å². The van der Waals surface area contributed by atoms with E-state index >= 15 is 0 Å². The molecule has 0 aliphatic rings. The molecule has 0 bridgehead atoms. The number of halogens is 2. The van der Waals surface area contributed by atoms with Gasteiger partial charge < -0.3 is 0 Å². The molecule has 8 heteroatoms. The molecule has 0 aliphatic carbocycles. The van der Waals surface area contributed by atoms with Crippen molar-refractivity contribution in [3.63, 3.8) is 0 Å². The molecule has 0 atom stereocenters. The van der Waals surface area contributed by atoms with Gasteiger partial charge >= 0.3 is 0 Å². The Balaban J connectivity index is 2.46. The largest absolute Gasteiger partial charge is 0.290 e. The molecule has 84 valence electrons. The quantitative estimate of drug-likeness (QED) is 0.757. The Morgan fingerprint density at radius 3 is 3.00 bits per heavy atom. The normalized spacial score (nSPS) is 10.7. The molecule has 0 aromatic carbocycles. The number of nitrogens with zero attached hydrogens (tertiary/aromatic N) is 4. The van der Waals surface area contributed by atoms with E-state index in [1.54, 1.807) is 13.1 Å². The maximum absolute atomic E-state index is 11.9. The van der Waals surface area contributed by atoms with Crippen molar-refractivity contribution in [1.82, 2.24) is 19.1 Å². The summed E-state index contributed by atoms with van der Waals surface area (Å²) in [6.07, 6.45) is 1.55. The maximum Gasteiger partial charge on any atom is 0.267 e. The molecule has 0 unspecified atom stereocenters. The molecule has 5 nitrogen and oxygen atoms in total. The lowest BCUT2D eigenvalue weighted by molar-refractivity contribution is 0.679. The summed E-state index contributed by atoms with van der Waals surface area (Å²) in [6, 6.07) is 0. The van der Waals surface area contributed by atoms with E-state index in [-0.39, 0.29) is 5.56 Å². The van der Waals surface area contributed by atoms with E-state index in [4.69, 9.17) is 11.6 Å². The van der Waals surface area contributed by atoms with E-state index in [9.17, 15) is 4.79 Å². The van der Waals surface area contributed by atoms with E-state index in [2.05, 4.69) is 14.6 Å². The molecule has 2 heterocycles. The third kappa shape index (κ3) is 2.25. The fourth-order valence-corrected chi connectivity index (χ4v) is 2.22. The van der Waals surface area contributed by atoms with Crippen LogP contribution in [0, 0.1) is 10.5 Å². The summed E-state index contributed by atoms with van der Waals surface area (Å²) in [5.74, 6) is 0.634. The predicted octanol–water partition coefficient (Wildman–Crippen LogP) is 1.71. The molecule has 0 N–H and O–H groups in total. The molecule has 16 heavy (non-hydrogen) atoms. The Labute approximate surface area is 114 Å². The smallest absolute Gasteiger partial charge is 0.267 e. The van der Waals surface area contributed by atoms with E-state index < -0.39 is 0 Å². The van der Waals surface area contributed by atoms with Gasteiger partial charge in [0.15, 0.2) is 0 Å². The van der Waals surface area contributed by atoms with Gasteiger partial charge in [0.05, 0.1) is 10.1 Å². The predicted molar refractivity (Wildman–Crippen MR) is 70.0 cm³/mol. The van der Waals surface area contributed by atoms with Crippen molar-refractivity contribution >= 4 is 45.7 Å². The highest BCUT2D eigenvalue weighted by Crippen LogP contribution is 2.17. The molecule has 2 rings (SSSR count). The first-order valence-electron chi connectivity index (χ1n) is 4.28. The van der Waals surface area contributed by atoms with Crippen LogP contribution in [0.15, 0.2) is 11.0 Å². The highest BCUT2D eigenvalue weighted by Gasteiger charge is 2.10. The Morgan fingerprint density at radius 1 is 1.62 bits per heavy atom. The first-order chi connectivity index (χ1) is 7.59. The number of rotatable bonds is 2. The van der Waals surface area contributed by atoms with Crippen LogP contribution in [0.3, 0.4) is 0 Å². The molecule has 0 radical (unpaired) electrons. The Hall–Kier alpha value is -0.540. The third-order valence-electron chi connectivity index (χ3n) is 2.02. The lowest BCUT2D eigenvalue weighted by atomic mass is 10.4. The van der Waals surface area contributed by atoms with Gasteiger partial charge in [-0.2, -0.15) is 0 Å². The van der Waals surface area contributed by atoms with Crippen LogP contribution in [0.2, 0.25) is 4.34 Å². The zero-order valence-electron chi connectivity index (χ0n) is 8.15. The SMILES string of the molecule is Cc1ncc(I)c(=O)n1Cc1nnsc1Cl. The molecular formula is C8H6ClIN4OS. The van der Waals surface area contributed by atoms with E-state index in [1.165, 1.54) is 4.57 Å². The second-order valence-corrected chi connectivity index (χ2v) is 5.56. The van der Waals surface area contributed by atoms with Crippen molar-refractivity contribution < 1.29 is 0 Å². The molecule has 0 fully saturated rings. The van der Waals surface area contributed by atoms with Crippen LogP contribution in [0.4, 0.5) is 0 Å². The zero-order valence-corrected chi connectivity index (χ0v) is 11.9. The number of hydrogen-bond donors (Lipinski definition) is 0. The van der Waals surface area contributed by atoms with Gasteiger partial charge in [-0.15, -0.1) is 5.10 Å². The standard InChI is InChI=1S/C8H6ClIN4OS/c1-4-11-2-5(10)8(15)14(4)3-6-7(9)16-13-12-6/h2H,3H2,1H3. The lowest BCUT2D eigenvalue weighted by Gasteiger charge is -2.07. The molecule has 0 amide bonds. The summed E-state index contributed by atoms with van der Waals surface area (Å²) in [5, 5.41) is 3.87. The van der Waals surface area contributed by atoms with Crippen LogP contribution in [0.5, 0.6) is 0 Å². The summed E-state index contributed by atoms with van der Waals surface area (Å²) in [5.41, 5.74) is 0.512. The number of hydrogen-bond acceptors (Lipinski definition) is 5. The monoisotopic (exact) mass is 368 g/mol. The van der Waals surface area contributed by atoms with Gasteiger partial charge in [0.1, 0.15) is 15.9 Å². The van der Waals surface area contributed by atoms with Gasteiger partial charge in [0.2, 0.25) is 0 Å². The van der Waals surface area contributed by atoms with Gasteiger partial charge in [-0.25, -0.2) is 4.98 Å². The molecule has 0 saturated carbocycles. The average molecular weight is 369 g/mol. The molecular weight excluding hydrogens is 363 g/mol. The molecule has 2 aromatic rings. The molecule has 0 saturated heterocycles. The van der Waals surface area contributed by atoms with Gasteiger partial charge in [-0.05, 0) is 29.5 Å². The van der Waals surface area contributed by atoms with Crippen LogP contribution >= 0.6 is 45.7 Å². The van der Waals surface area contributed by atoms with Crippen LogP contribution in [-0.2, 0) is 6.54 Å². The minimum Gasteiger partial charge on any atom is -0.290 e. The Bertz CT molecular complexity index is 582. The summed E-state index contributed by atoms with van der Waals surface area (Å²) < 4.78 is 6.33. The summed E-state index contributed by atoms with van der Waals surface area (Å²) in [6.45, 7) is 2.08. The fraction of sp³-hybridized carbons (Fsp3) is 0.250. The van der Waals surface area contributed by atoms with Crippen LogP contribution in [0.25, 0.3) is 0 Å². The third-order valence-corrected chi connectivity index (χ3v) is 3.75. The van der Waals surface area contributed by atoms with Crippen molar-refractivity contribution in [2.24, 2.45) is 0 Å². The van der Waals surface area contributed by atoms with Gasteiger partial charge in [-0.3, -0.25) is 9.36 Å². The van der Waals surface area contributed by atoms with Crippen molar-refractivity contribution in [1.29, 1.82) is 0 Å². The lowest BCUT2D eigenvalue weighted by Crippen LogP contribution is -2.26. The fourth-order valence-electron chi connectivity index (χ4n) is 1.18. The molecule has 0 aliphatic heterocycles. The number of aromatic nitrogens is 4. The Kier molecular flexibility index (Phi) is 3.55. The Morgan fingerprint density at radius 2 is 2.38 bits per heavy atom. The van der Waals surface area contributed by atoms with Gasteiger partial charge in [-0.1, -0.05) is 16.1 Å². The first kappa shape index (κ1) is 11.9. The second kappa shape index (κ2) is 4.76. The topological polar surface area (TPSA) is 60.7 Å². The van der Waals surface area contributed by atoms with Crippen LogP contribution in [0.1, 0.15) is 11.5 Å². The number of aryl methyl sites for hydroxylation is 1. The van der Waals surface area contributed by atoms with Crippen LogP contribution < -0.4 is 5.56 Å².